The van der Waals surface area contributed by atoms with Crippen LogP contribution in [0.1, 0.15) is 41.2 Å². The first-order valence-electron chi connectivity index (χ1n) is 11.8. The Hall–Kier alpha value is -2.96. The van der Waals surface area contributed by atoms with E-state index < -0.39 is 6.10 Å². The number of aliphatic hydroxyl groups is 1. The van der Waals surface area contributed by atoms with E-state index >= 15 is 0 Å². The van der Waals surface area contributed by atoms with Crippen molar-refractivity contribution < 1.29 is 9.50 Å². The van der Waals surface area contributed by atoms with E-state index in [0.717, 1.165) is 63.0 Å². The Morgan fingerprint density at radius 2 is 1.76 bits per heavy atom. The summed E-state index contributed by atoms with van der Waals surface area (Å²) in [7, 11) is 0. The van der Waals surface area contributed by atoms with Crippen LogP contribution >= 0.6 is 0 Å². The third kappa shape index (κ3) is 4.87. The van der Waals surface area contributed by atoms with E-state index in [9.17, 15) is 9.50 Å². The fraction of sp³-hybridized carbons (Fsp3) is 0.370. The van der Waals surface area contributed by atoms with Crippen molar-refractivity contribution >= 4 is 11.5 Å². The highest BCUT2D eigenvalue weighted by molar-refractivity contribution is 5.61. The number of piperidine rings is 1. The van der Waals surface area contributed by atoms with Crippen LogP contribution in [-0.2, 0) is 12.8 Å². The van der Waals surface area contributed by atoms with Crippen LogP contribution in [0.3, 0.4) is 0 Å². The van der Waals surface area contributed by atoms with Crippen LogP contribution in [0.25, 0.3) is 0 Å². The molecular formula is C27H31FN4O. The molecule has 1 atom stereocenters. The number of anilines is 2. The third-order valence-electron chi connectivity index (χ3n) is 7.11. The first kappa shape index (κ1) is 21.9. The van der Waals surface area contributed by atoms with Crippen molar-refractivity contribution in [2.24, 2.45) is 0 Å². The van der Waals surface area contributed by atoms with Crippen molar-refractivity contribution in [3.8, 4) is 0 Å². The standard InChI is InChI=1S/C27H31FN4O/c28-23-6-1-19(2-7-23)9-13-31-14-11-24(12-15-31)32-16-10-20-3-4-21(17-25(20)32)27(33)22-5-8-26(29)30-18-22/h1-8,17-18,24,27,33H,9-16H2,(H2,29,30). The van der Waals surface area contributed by atoms with Gasteiger partial charge in [0.2, 0.25) is 0 Å². The lowest BCUT2D eigenvalue weighted by molar-refractivity contribution is 0.211. The van der Waals surface area contributed by atoms with Crippen molar-refractivity contribution in [3.05, 3.63) is 88.9 Å². The van der Waals surface area contributed by atoms with E-state index in [0.29, 0.717) is 11.9 Å². The Morgan fingerprint density at radius 1 is 1.00 bits per heavy atom. The summed E-state index contributed by atoms with van der Waals surface area (Å²) in [4.78, 5) is 9.18. The van der Waals surface area contributed by atoms with Crippen LogP contribution in [0.4, 0.5) is 15.9 Å². The third-order valence-corrected chi connectivity index (χ3v) is 7.11. The van der Waals surface area contributed by atoms with E-state index in [-0.39, 0.29) is 5.82 Å². The zero-order valence-corrected chi connectivity index (χ0v) is 18.8. The molecule has 1 unspecified atom stereocenters. The lowest BCUT2D eigenvalue weighted by Gasteiger charge is -2.38. The van der Waals surface area contributed by atoms with Gasteiger partial charge in [0, 0.05) is 49.7 Å². The highest BCUT2D eigenvalue weighted by Crippen LogP contribution is 2.36. The van der Waals surface area contributed by atoms with Gasteiger partial charge in [-0.3, -0.25) is 0 Å². The summed E-state index contributed by atoms with van der Waals surface area (Å²) in [6.45, 7) is 4.22. The average molecular weight is 447 g/mol. The fourth-order valence-corrected chi connectivity index (χ4v) is 5.13. The lowest BCUT2D eigenvalue weighted by Crippen LogP contribution is -2.45. The normalized spacial score (nSPS) is 17.8. The summed E-state index contributed by atoms with van der Waals surface area (Å²) in [5, 5.41) is 10.9. The van der Waals surface area contributed by atoms with Gasteiger partial charge in [0.25, 0.3) is 0 Å². The molecule has 0 spiro atoms. The van der Waals surface area contributed by atoms with E-state index in [2.05, 4.69) is 26.9 Å². The first-order chi connectivity index (χ1) is 16.1. The molecule has 5 nitrogen and oxygen atoms in total. The molecule has 2 aliphatic rings. The Kier molecular flexibility index (Phi) is 6.29. The van der Waals surface area contributed by atoms with Crippen LogP contribution in [-0.4, -0.2) is 47.2 Å². The molecule has 33 heavy (non-hydrogen) atoms. The molecule has 0 saturated carbocycles. The van der Waals surface area contributed by atoms with E-state index in [1.54, 1.807) is 24.4 Å². The summed E-state index contributed by atoms with van der Waals surface area (Å²) < 4.78 is 13.1. The topological polar surface area (TPSA) is 65.6 Å². The number of nitrogens with zero attached hydrogens (tertiary/aromatic N) is 3. The summed E-state index contributed by atoms with van der Waals surface area (Å²) in [6, 6.07) is 17.3. The van der Waals surface area contributed by atoms with E-state index in [4.69, 9.17) is 5.73 Å². The molecule has 1 saturated heterocycles. The maximum atomic E-state index is 13.1. The fourth-order valence-electron chi connectivity index (χ4n) is 5.13. The van der Waals surface area contributed by atoms with Gasteiger partial charge in [-0.25, -0.2) is 9.37 Å². The molecule has 1 fully saturated rings. The largest absolute Gasteiger partial charge is 0.384 e. The van der Waals surface area contributed by atoms with Crippen LogP contribution in [0.15, 0.2) is 60.8 Å². The molecule has 6 heteroatoms. The zero-order valence-electron chi connectivity index (χ0n) is 18.8. The number of nitrogens with two attached hydrogens (primary N) is 1. The van der Waals surface area contributed by atoms with E-state index in [1.165, 1.54) is 16.8 Å². The predicted molar refractivity (Wildman–Crippen MR) is 130 cm³/mol. The molecule has 0 aliphatic carbocycles. The number of aliphatic hydroxyl groups excluding tert-OH is 1. The Bertz CT molecular complexity index is 1080. The van der Waals surface area contributed by atoms with Crippen molar-refractivity contribution in [2.75, 3.05) is 36.8 Å². The molecular weight excluding hydrogens is 415 g/mol. The molecule has 3 aromatic rings. The number of pyridine rings is 1. The summed E-state index contributed by atoms with van der Waals surface area (Å²) >= 11 is 0. The molecule has 2 aliphatic heterocycles. The zero-order chi connectivity index (χ0) is 22.8. The molecule has 172 valence electrons. The first-order valence-corrected chi connectivity index (χ1v) is 11.8. The molecule has 5 rings (SSSR count). The van der Waals surface area contributed by atoms with Crippen LogP contribution in [0.5, 0.6) is 0 Å². The number of fused-ring (bicyclic) bond motifs is 1. The number of benzene rings is 2. The van der Waals surface area contributed by atoms with Gasteiger partial charge in [-0.15, -0.1) is 0 Å². The van der Waals surface area contributed by atoms with Gasteiger partial charge < -0.3 is 20.6 Å². The van der Waals surface area contributed by atoms with Crippen molar-refractivity contribution in [2.45, 2.75) is 37.8 Å². The van der Waals surface area contributed by atoms with E-state index in [1.807, 2.05) is 24.3 Å². The Morgan fingerprint density at radius 3 is 2.48 bits per heavy atom. The Balaban J connectivity index is 1.21. The van der Waals surface area contributed by atoms with Crippen LogP contribution in [0, 0.1) is 5.82 Å². The summed E-state index contributed by atoms with van der Waals surface area (Å²) in [5.41, 5.74) is 11.1. The predicted octanol–water partition coefficient (Wildman–Crippen LogP) is 3.95. The van der Waals surface area contributed by atoms with Crippen LogP contribution < -0.4 is 10.6 Å². The number of aromatic nitrogens is 1. The van der Waals surface area contributed by atoms with Crippen molar-refractivity contribution in [1.82, 2.24) is 9.88 Å². The molecule has 0 radical (unpaired) electrons. The van der Waals surface area contributed by atoms with Gasteiger partial charge in [-0.05, 0) is 66.6 Å². The van der Waals surface area contributed by atoms with Gasteiger partial charge in [-0.2, -0.15) is 0 Å². The highest BCUT2D eigenvalue weighted by Gasteiger charge is 2.30. The number of hydrogen-bond acceptors (Lipinski definition) is 5. The van der Waals surface area contributed by atoms with Gasteiger partial charge in [0.15, 0.2) is 0 Å². The Labute approximate surface area is 194 Å². The van der Waals surface area contributed by atoms with Crippen molar-refractivity contribution in [1.29, 1.82) is 0 Å². The number of likely N-dealkylation sites (tertiary alicyclic amines) is 1. The quantitative estimate of drug-likeness (QED) is 0.600. The second-order valence-electron chi connectivity index (χ2n) is 9.20. The van der Waals surface area contributed by atoms with Gasteiger partial charge in [0.05, 0.1) is 0 Å². The second-order valence-corrected chi connectivity index (χ2v) is 9.20. The minimum absolute atomic E-state index is 0.175. The lowest BCUT2D eigenvalue weighted by atomic mass is 9.99. The molecule has 3 heterocycles. The molecule has 3 N–H and O–H groups in total. The SMILES string of the molecule is Nc1ccc(C(O)c2ccc3c(c2)N(C2CCN(CCc4ccc(F)cc4)CC2)CC3)cn1. The van der Waals surface area contributed by atoms with Crippen molar-refractivity contribution in [3.63, 3.8) is 0 Å². The molecule has 0 bridgehead atoms. The summed E-state index contributed by atoms with van der Waals surface area (Å²) in [5.74, 6) is 0.279. The molecule has 0 amide bonds. The maximum Gasteiger partial charge on any atom is 0.123 e. The van der Waals surface area contributed by atoms with Crippen LogP contribution in [0.2, 0.25) is 0 Å². The second kappa shape index (κ2) is 9.49. The molecule has 2 aromatic carbocycles. The number of halogens is 1. The smallest absolute Gasteiger partial charge is 0.123 e. The molecule has 1 aromatic heterocycles. The monoisotopic (exact) mass is 446 g/mol. The number of hydrogen-bond donors (Lipinski definition) is 2. The maximum absolute atomic E-state index is 13.1. The van der Waals surface area contributed by atoms with Gasteiger partial charge >= 0.3 is 0 Å². The summed E-state index contributed by atoms with van der Waals surface area (Å²) in [6.07, 6.45) is 5.22. The minimum Gasteiger partial charge on any atom is -0.384 e. The van der Waals surface area contributed by atoms with Gasteiger partial charge in [-0.1, -0.05) is 30.3 Å². The number of rotatable bonds is 6. The van der Waals surface area contributed by atoms with Gasteiger partial charge in [0.1, 0.15) is 17.7 Å². The highest BCUT2D eigenvalue weighted by atomic mass is 19.1. The minimum atomic E-state index is -0.709. The average Bonchev–Trinajstić information content (AvgIpc) is 3.27. The number of nitrogen functional groups attached to an aromatic ring is 1.